The first-order valence-electron chi connectivity index (χ1n) is 8.43. The Hall–Kier alpha value is -0.736. The minimum atomic E-state index is 0. The van der Waals surface area contributed by atoms with Gasteiger partial charge in [0, 0.05) is 39.6 Å². The van der Waals surface area contributed by atoms with Crippen molar-refractivity contribution in [2.24, 2.45) is 0 Å². The molecule has 5 heteroatoms. The van der Waals surface area contributed by atoms with Crippen molar-refractivity contribution >= 4 is 17.0 Å². The fourth-order valence-electron chi connectivity index (χ4n) is 3.23. The average molecular weight is 401 g/mol. The van der Waals surface area contributed by atoms with Gasteiger partial charge in [0.15, 0.2) is 11.5 Å². The molecule has 127 valence electrons. The third-order valence-corrected chi connectivity index (χ3v) is 4.55. The topological polar surface area (TPSA) is 46.3 Å². The first-order valence-corrected chi connectivity index (χ1v) is 8.43. The zero-order chi connectivity index (χ0) is 16.2. The van der Waals surface area contributed by atoms with Gasteiger partial charge in [0.2, 0.25) is 5.91 Å². The number of hydrogen-bond acceptors (Lipinski definition) is 3. The molecule has 0 aliphatic carbocycles. The molecule has 1 radical (unpaired) electrons. The van der Waals surface area contributed by atoms with Crippen molar-refractivity contribution in [2.75, 3.05) is 13.1 Å². The van der Waals surface area contributed by atoms with E-state index in [2.05, 4.69) is 11.9 Å². The van der Waals surface area contributed by atoms with Gasteiger partial charge >= 0.3 is 0 Å². The number of oxazole rings is 1. The zero-order valence-corrected chi connectivity index (χ0v) is 17.2. The van der Waals surface area contributed by atoms with Gasteiger partial charge in [-0.1, -0.05) is 12.1 Å². The number of rotatable bonds is 5. The smallest absolute Gasteiger partial charge is 0.226 e. The summed E-state index contributed by atoms with van der Waals surface area (Å²) in [5.41, 5.74) is 2.53. The van der Waals surface area contributed by atoms with Gasteiger partial charge in [-0.15, -0.1) is 6.42 Å². The Kier molecular flexibility index (Phi) is 7.42. The number of aromatic nitrogens is 1. The summed E-state index contributed by atoms with van der Waals surface area (Å²) in [5.74, 6) is 2.42. The minimum Gasteiger partial charge on any atom is -0.441 e. The number of piperidine rings is 1. The molecular weight excluding hydrogens is 377 g/mol. The number of fused-ring (bicyclic) bond motifs is 1. The minimum absolute atomic E-state index is 0. The van der Waals surface area contributed by atoms with Crippen molar-refractivity contribution in [1.29, 1.82) is 0 Å². The van der Waals surface area contributed by atoms with Gasteiger partial charge < -0.3 is 22.2 Å². The Morgan fingerprint density at radius 3 is 2.83 bits per heavy atom. The molecule has 1 fully saturated rings. The second-order valence-electron chi connectivity index (χ2n) is 6.26. The Morgan fingerprint density at radius 1 is 1.38 bits per heavy atom. The van der Waals surface area contributed by atoms with Gasteiger partial charge in [-0.3, -0.25) is 4.79 Å². The maximum absolute atomic E-state index is 12.6. The Bertz CT molecular complexity index is 675. The van der Waals surface area contributed by atoms with Crippen molar-refractivity contribution in [2.45, 2.75) is 45.4 Å². The summed E-state index contributed by atoms with van der Waals surface area (Å²) in [5, 5.41) is 0. The predicted octanol–water partition coefficient (Wildman–Crippen LogP) is 3.88. The molecule has 0 saturated carbocycles. The molecule has 1 aliphatic rings. The number of carbonyl (C=O) groups excluding carboxylic acids is 1. The van der Waals surface area contributed by atoms with E-state index in [9.17, 15) is 4.79 Å². The molecule has 0 bridgehead atoms. The van der Waals surface area contributed by atoms with Crippen LogP contribution in [0.1, 0.15) is 43.6 Å². The van der Waals surface area contributed by atoms with Crippen LogP contribution in [0.3, 0.4) is 0 Å². The fourth-order valence-corrected chi connectivity index (χ4v) is 3.23. The van der Waals surface area contributed by atoms with Crippen LogP contribution >= 0.6 is 0 Å². The predicted molar refractivity (Wildman–Crippen MR) is 90.7 cm³/mol. The van der Waals surface area contributed by atoms with Gasteiger partial charge in [0.05, 0.1) is 6.42 Å². The summed E-state index contributed by atoms with van der Waals surface area (Å²) in [7, 11) is 0. The van der Waals surface area contributed by atoms with Crippen LogP contribution in [0.5, 0.6) is 0 Å². The first kappa shape index (κ1) is 19.6. The number of likely N-dealkylation sites (tertiary alicyclic amines) is 1. The van der Waals surface area contributed by atoms with E-state index in [1.807, 2.05) is 30.0 Å². The molecule has 1 aromatic carbocycles. The first-order chi connectivity index (χ1) is 11.2. The van der Waals surface area contributed by atoms with E-state index in [1.54, 1.807) is 5.92 Å². The van der Waals surface area contributed by atoms with E-state index < -0.39 is 0 Å². The van der Waals surface area contributed by atoms with Gasteiger partial charge in [-0.25, -0.2) is 4.98 Å². The molecule has 1 aliphatic heterocycles. The van der Waals surface area contributed by atoms with Crippen LogP contribution in [-0.4, -0.2) is 28.9 Å². The summed E-state index contributed by atoms with van der Waals surface area (Å²) in [6.45, 7) is 7.42. The van der Waals surface area contributed by atoms with Crippen LogP contribution in [0.25, 0.3) is 11.1 Å². The molecule has 24 heavy (non-hydrogen) atoms. The second-order valence-corrected chi connectivity index (χ2v) is 6.26. The average Bonchev–Trinajstić information content (AvgIpc) is 2.94. The van der Waals surface area contributed by atoms with Crippen LogP contribution in [0.2, 0.25) is 0 Å². The van der Waals surface area contributed by atoms with Crippen LogP contribution < -0.4 is 0 Å². The van der Waals surface area contributed by atoms with Crippen LogP contribution in [-0.2, 0) is 43.9 Å². The fraction of sp³-hybridized carbons (Fsp3) is 0.474. The molecule has 0 unspecified atom stereocenters. The van der Waals surface area contributed by atoms with Crippen LogP contribution in [0.15, 0.2) is 22.6 Å². The summed E-state index contributed by atoms with van der Waals surface area (Å²) in [6.07, 6.45) is 5.81. The van der Waals surface area contributed by atoms with E-state index in [-0.39, 0.29) is 38.6 Å². The van der Waals surface area contributed by atoms with Crippen molar-refractivity contribution < 1.29 is 41.9 Å². The molecule has 0 N–H and O–H groups in total. The van der Waals surface area contributed by atoms with E-state index in [4.69, 9.17) is 4.42 Å². The number of nitrogens with zero attached hydrogens (tertiary/aromatic N) is 2. The van der Waals surface area contributed by atoms with E-state index >= 15 is 0 Å². The van der Waals surface area contributed by atoms with Gasteiger partial charge in [-0.2, -0.15) is 25.7 Å². The van der Waals surface area contributed by atoms with E-state index in [0.717, 1.165) is 55.4 Å². The Balaban J connectivity index is 0.00000208. The maximum atomic E-state index is 12.6. The zero-order valence-electron chi connectivity index (χ0n) is 14.4. The summed E-state index contributed by atoms with van der Waals surface area (Å²) in [4.78, 5) is 19.0. The number of para-hydroxylation sites is 1. The molecule has 3 rings (SSSR count). The molecule has 0 atom stereocenters. The normalized spacial score (nSPS) is 15.5. The SMILES string of the molecule is [CH2-]CCC[C-]1CCN(C(=O)Cc2cccc3oc(C)nc23)CC1.[Y]. The third kappa shape index (κ3) is 4.66. The number of carbonyl (C=O) groups is 1. The monoisotopic (exact) mass is 401 g/mol. The molecule has 4 nitrogen and oxygen atoms in total. The van der Waals surface area contributed by atoms with Crippen molar-refractivity contribution in [3.63, 3.8) is 0 Å². The van der Waals surface area contributed by atoms with Crippen molar-refractivity contribution in [3.05, 3.63) is 42.5 Å². The van der Waals surface area contributed by atoms with Crippen LogP contribution in [0.4, 0.5) is 0 Å². The Morgan fingerprint density at radius 2 is 2.12 bits per heavy atom. The Labute approximate surface area is 169 Å². The van der Waals surface area contributed by atoms with Crippen LogP contribution in [0, 0.1) is 19.8 Å². The molecule has 2 aromatic rings. The summed E-state index contributed by atoms with van der Waals surface area (Å²) < 4.78 is 5.54. The molecule has 1 saturated heterocycles. The quantitative estimate of drug-likeness (QED) is 0.715. The summed E-state index contributed by atoms with van der Waals surface area (Å²) in [6, 6.07) is 5.79. The largest absolute Gasteiger partial charge is 0.441 e. The number of benzene rings is 1. The molecular formula is C19H24N2O2Y-2. The number of aryl methyl sites for hydroxylation is 1. The van der Waals surface area contributed by atoms with E-state index in [1.165, 1.54) is 6.42 Å². The number of amides is 1. The molecule has 1 amide bonds. The third-order valence-electron chi connectivity index (χ3n) is 4.55. The maximum Gasteiger partial charge on any atom is 0.226 e. The van der Waals surface area contributed by atoms with Gasteiger partial charge in [0.1, 0.15) is 5.52 Å². The number of unbranched alkanes of at least 4 members (excludes halogenated alkanes) is 1. The van der Waals surface area contributed by atoms with Crippen molar-refractivity contribution in [3.8, 4) is 0 Å². The summed E-state index contributed by atoms with van der Waals surface area (Å²) >= 11 is 0. The van der Waals surface area contributed by atoms with Gasteiger partial charge in [0.25, 0.3) is 0 Å². The standard InChI is InChI=1S/C19H24N2O2.Y/c1-3-4-6-15-9-11-21(12-10-15)18(22)13-16-7-5-8-17-19(16)20-14(2)23-17;/h5,7-8H,1,3-4,6,9-13H2,2H3;/q-2;. The second kappa shape index (κ2) is 9.10. The van der Waals surface area contributed by atoms with Crippen molar-refractivity contribution in [1.82, 2.24) is 9.88 Å². The van der Waals surface area contributed by atoms with Gasteiger partial charge in [-0.05, 0) is 24.7 Å². The van der Waals surface area contributed by atoms with E-state index in [0.29, 0.717) is 12.3 Å². The number of hydrogen-bond donors (Lipinski definition) is 0. The molecule has 0 spiro atoms. The molecule has 2 heterocycles. The molecule has 1 aromatic heterocycles.